The Morgan fingerprint density at radius 3 is 2.40 bits per heavy atom. The Bertz CT molecular complexity index is 94.9. The maximum atomic E-state index is 9.86. The Hall–Kier alpha value is -0.590. The van der Waals surface area contributed by atoms with Crippen LogP contribution in [0, 0.1) is 0 Å². The van der Waals surface area contributed by atoms with Gasteiger partial charge < -0.3 is 4.79 Å². The van der Waals surface area contributed by atoms with Gasteiger partial charge in [-0.15, -0.1) is 0 Å². The zero-order chi connectivity index (χ0) is 7.66. The summed E-state index contributed by atoms with van der Waals surface area (Å²) in [6, 6.07) is 0. The van der Waals surface area contributed by atoms with Crippen molar-refractivity contribution >= 4 is 6.29 Å². The topological polar surface area (TPSA) is 17.1 Å². The van der Waals surface area contributed by atoms with Crippen LogP contribution in [0.25, 0.3) is 0 Å². The van der Waals surface area contributed by atoms with Crippen molar-refractivity contribution < 1.29 is 4.79 Å². The Balaban J connectivity index is 2.96. The Labute approximate surface area is 63.1 Å². The highest BCUT2D eigenvalue weighted by Gasteiger charge is 1.78. The number of allylic oxidation sites excluding steroid dienone is 2. The number of carbonyl (C=O) groups excluding carboxylic acids is 1. The van der Waals surface area contributed by atoms with Crippen LogP contribution in [0.15, 0.2) is 12.2 Å². The minimum Gasteiger partial charge on any atom is -0.303 e. The van der Waals surface area contributed by atoms with Gasteiger partial charge in [-0.25, -0.2) is 0 Å². The highest BCUT2D eigenvalue weighted by atomic mass is 16.1. The second-order valence-electron chi connectivity index (χ2n) is 2.36. The molecule has 1 nitrogen and oxygen atoms in total. The van der Waals surface area contributed by atoms with Crippen LogP contribution in [0.1, 0.15) is 39.0 Å². The van der Waals surface area contributed by atoms with Crippen LogP contribution in [-0.4, -0.2) is 6.29 Å². The SMILES string of the molecule is CCCC/C=C/CCC=O. The minimum absolute atomic E-state index is 0.669. The molecule has 0 unspecified atom stereocenters. The molecule has 0 aromatic carbocycles. The lowest BCUT2D eigenvalue weighted by molar-refractivity contribution is -0.107. The van der Waals surface area contributed by atoms with Crippen molar-refractivity contribution in [3.05, 3.63) is 12.2 Å². The molecule has 0 aromatic rings. The van der Waals surface area contributed by atoms with Gasteiger partial charge in [0.1, 0.15) is 6.29 Å². The Morgan fingerprint density at radius 1 is 1.10 bits per heavy atom. The first-order valence-electron chi connectivity index (χ1n) is 4.00. The molecule has 0 spiro atoms. The van der Waals surface area contributed by atoms with Gasteiger partial charge in [-0.05, 0) is 12.8 Å². The van der Waals surface area contributed by atoms with Crippen LogP contribution in [0.5, 0.6) is 0 Å². The van der Waals surface area contributed by atoms with E-state index in [9.17, 15) is 4.79 Å². The molecule has 0 atom stereocenters. The van der Waals surface area contributed by atoms with E-state index in [2.05, 4.69) is 19.1 Å². The normalized spacial score (nSPS) is 10.5. The monoisotopic (exact) mass is 140 g/mol. The Kier molecular flexibility index (Phi) is 7.91. The molecule has 0 aromatic heterocycles. The number of carbonyl (C=O) groups is 1. The van der Waals surface area contributed by atoms with Gasteiger partial charge in [0.05, 0.1) is 0 Å². The van der Waals surface area contributed by atoms with Gasteiger partial charge in [0, 0.05) is 6.42 Å². The average molecular weight is 140 g/mol. The summed E-state index contributed by atoms with van der Waals surface area (Å²) in [6.45, 7) is 2.18. The van der Waals surface area contributed by atoms with Crippen molar-refractivity contribution in [3.63, 3.8) is 0 Å². The third kappa shape index (κ3) is 7.41. The molecule has 0 N–H and O–H groups in total. The van der Waals surface area contributed by atoms with Crippen molar-refractivity contribution in [2.75, 3.05) is 0 Å². The largest absolute Gasteiger partial charge is 0.303 e. The zero-order valence-corrected chi connectivity index (χ0v) is 6.68. The molecule has 10 heavy (non-hydrogen) atoms. The summed E-state index contributed by atoms with van der Waals surface area (Å²) in [5.74, 6) is 0. The van der Waals surface area contributed by atoms with Crippen molar-refractivity contribution in [2.24, 2.45) is 0 Å². The van der Waals surface area contributed by atoms with Gasteiger partial charge in [0.15, 0.2) is 0 Å². The number of hydrogen-bond donors (Lipinski definition) is 0. The lowest BCUT2D eigenvalue weighted by Crippen LogP contribution is -1.71. The van der Waals surface area contributed by atoms with E-state index < -0.39 is 0 Å². The summed E-state index contributed by atoms with van der Waals surface area (Å²) in [6.07, 6.45) is 10.5. The van der Waals surface area contributed by atoms with Gasteiger partial charge in [-0.2, -0.15) is 0 Å². The molecule has 58 valence electrons. The summed E-state index contributed by atoms with van der Waals surface area (Å²) in [7, 11) is 0. The summed E-state index contributed by atoms with van der Waals surface area (Å²) in [4.78, 5) is 9.86. The molecule has 0 heterocycles. The summed E-state index contributed by atoms with van der Waals surface area (Å²) < 4.78 is 0. The molecule has 0 radical (unpaired) electrons. The van der Waals surface area contributed by atoms with Gasteiger partial charge in [0.25, 0.3) is 0 Å². The van der Waals surface area contributed by atoms with Crippen molar-refractivity contribution in [1.82, 2.24) is 0 Å². The standard InChI is InChI=1S/C9H16O/c1-2-3-4-5-6-7-8-9-10/h5-6,9H,2-4,7-8H2,1H3/b6-5+. The summed E-state index contributed by atoms with van der Waals surface area (Å²) in [5.41, 5.74) is 0. The fourth-order valence-electron chi connectivity index (χ4n) is 0.722. The molecule has 0 amide bonds. The fraction of sp³-hybridized carbons (Fsp3) is 0.667. The van der Waals surface area contributed by atoms with Gasteiger partial charge in [-0.1, -0.05) is 31.9 Å². The van der Waals surface area contributed by atoms with Crippen LogP contribution in [0.4, 0.5) is 0 Å². The Morgan fingerprint density at radius 2 is 1.80 bits per heavy atom. The van der Waals surface area contributed by atoms with E-state index in [0.29, 0.717) is 6.42 Å². The first-order chi connectivity index (χ1) is 4.91. The van der Waals surface area contributed by atoms with Gasteiger partial charge >= 0.3 is 0 Å². The third-order valence-electron chi connectivity index (χ3n) is 1.34. The quantitative estimate of drug-likeness (QED) is 0.315. The number of rotatable bonds is 6. The second kappa shape index (κ2) is 8.41. The van der Waals surface area contributed by atoms with Crippen LogP contribution >= 0.6 is 0 Å². The van der Waals surface area contributed by atoms with Crippen molar-refractivity contribution in [1.29, 1.82) is 0 Å². The first-order valence-corrected chi connectivity index (χ1v) is 4.00. The number of hydrogen-bond acceptors (Lipinski definition) is 1. The van der Waals surface area contributed by atoms with E-state index in [1.165, 1.54) is 12.8 Å². The molecular weight excluding hydrogens is 124 g/mol. The van der Waals surface area contributed by atoms with E-state index in [1.54, 1.807) is 0 Å². The van der Waals surface area contributed by atoms with Gasteiger partial charge in [-0.3, -0.25) is 0 Å². The van der Waals surface area contributed by atoms with E-state index in [-0.39, 0.29) is 0 Å². The number of unbranched alkanes of at least 4 members (excludes halogenated alkanes) is 3. The summed E-state index contributed by atoms with van der Waals surface area (Å²) >= 11 is 0. The average Bonchev–Trinajstić information content (AvgIpc) is 1.97. The molecule has 0 bridgehead atoms. The molecule has 0 aliphatic rings. The van der Waals surface area contributed by atoms with E-state index in [0.717, 1.165) is 19.1 Å². The molecule has 0 rings (SSSR count). The zero-order valence-electron chi connectivity index (χ0n) is 6.68. The first kappa shape index (κ1) is 9.41. The second-order valence-corrected chi connectivity index (χ2v) is 2.36. The number of aldehydes is 1. The highest BCUT2D eigenvalue weighted by molar-refractivity contribution is 5.49. The molecule has 1 heteroatoms. The summed E-state index contributed by atoms with van der Waals surface area (Å²) in [5, 5.41) is 0. The smallest absolute Gasteiger partial charge is 0.120 e. The van der Waals surface area contributed by atoms with Crippen LogP contribution in [0.3, 0.4) is 0 Å². The molecular formula is C9H16O. The van der Waals surface area contributed by atoms with Crippen molar-refractivity contribution in [3.8, 4) is 0 Å². The lowest BCUT2D eigenvalue weighted by Gasteiger charge is -1.87. The van der Waals surface area contributed by atoms with E-state index >= 15 is 0 Å². The maximum Gasteiger partial charge on any atom is 0.120 e. The van der Waals surface area contributed by atoms with Crippen LogP contribution in [-0.2, 0) is 4.79 Å². The third-order valence-corrected chi connectivity index (χ3v) is 1.34. The van der Waals surface area contributed by atoms with E-state index in [1.807, 2.05) is 0 Å². The minimum atomic E-state index is 0.669. The predicted octanol–water partition coefficient (Wildman–Crippen LogP) is 2.71. The van der Waals surface area contributed by atoms with Crippen LogP contribution < -0.4 is 0 Å². The van der Waals surface area contributed by atoms with E-state index in [4.69, 9.17) is 0 Å². The fourth-order valence-corrected chi connectivity index (χ4v) is 0.722. The molecule has 0 fully saturated rings. The maximum absolute atomic E-state index is 9.86. The molecule has 0 saturated carbocycles. The van der Waals surface area contributed by atoms with Gasteiger partial charge in [0.2, 0.25) is 0 Å². The van der Waals surface area contributed by atoms with Crippen molar-refractivity contribution in [2.45, 2.75) is 39.0 Å². The lowest BCUT2D eigenvalue weighted by atomic mass is 10.2. The van der Waals surface area contributed by atoms with Crippen LogP contribution in [0.2, 0.25) is 0 Å². The molecule has 0 aliphatic carbocycles. The highest BCUT2D eigenvalue weighted by Crippen LogP contribution is 1.96. The predicted molar refractivity (Wildman–Crippen MR) is 44.0 cm³/mol. The molecule has 0 aliphatic heterocycles. The molecule has 0 saturated heterocycles.